The monoisotopic (exact) mass is 495 g/mol. The van der Waals surface area contributed by atoms with Crippen LogP contribution in [0.2, 0.25) is 5.02 Å². The SMILES string of the molecule is COc1ccc2nc(N(CCN(C)C)C(=O)CCCS(=O)(=O)c3ccc(Cl)cc3)sc2c1. The summed E-state index contributed by atoms with van der Waals surface area (Å²) in [4.78, 5) is 21.5. The molecular weight excluding hydrogens is 470 g/mol. The van der Waals surface area contributed by atoms with E-state index < -0.39 is 9.84 Å². The third kappa shape index (κ3) is 6.19. The fourth-order valence-electron chi connectivity index (χ4n) is 3.07. The number of thiazole rings is 1. The molecule has 0 radical (unpaired) electrons. The van der Waals surface area contributed by atoms with Crippen LogP contribution in [0.15, 0.2) is 47.4 Å². The van der Waals surface area contributed by atoms with E-state index in [9.17, 15) is 13.2 Å². The third-order valence-corrected chi connectivity index (χ3v) is 7.97. The van der Waals surface area contributed by atoms with E-state index in [1.807, 2.05) is 37.2 Å². The molecule has 1 aromatic heterocycles. The smallest absolute Gasteiger partial charge is 0.228 e. The van der Waals surface area contributed by atoms with E-state index in [1.165, 1.54) is 23.5 Å². The molecule has 0 bridgehead atoms. The van der Waals surface area contributed by atoms with Crippen molar-refractivity contribution in [2.24, 2.45) is 0 Å². The van der Waals surface area contributed by atoms with Gasteiger partial charge in [-0.2, -0.15) is 0 Å². The number of carbonyl (C=O) groups excluding carboxylic acids is 1. The first-order valence-corrected chi connectivity index (χ1v) is 12.9. The van der Waals surface area contributed by atoms with Crippen LogP contribution in [0.1, 0.15) is 12.8 Å². The van der Waals surface area contributed by atoms with E-state index in [4.69, 9.17) is 16.3 Å². The highest BCUT2D eigenvalue weighted by molar-refractivity contribution is 7.91. The number of amides is 1. The number of rotatable bonds is 10. The maximum absolute atomic E-state index is 13.1. The third-order valence-electron chi connectivity index (χ3n) is 4.86. The molecule has 0 spiro atoms. The summed E-state index contributed by atoms with van der Waals surface area (Å²) < 4.78 is 31.3. The van der Waals surface area contributed by atoms with Crippen LogP contribution in [-0.4, -0.2) is 64.3 Å². The number of likely N-dealkylation sites (N-methyl/N-ethyl adjacent to an activating group) is 1. The van der Waals surface area contributed by atoms with Gasteiger partial charge < -0.3 is 9.64 Å². The molecule has 0 unspecified atom stereocenters. The molecule has 32 heavy (non-hydrogen) atoms. The molecule has 0 saturated heterocycles. The van der Waals surface area contributed by atoms with Gasteiger partial charge in [0.15, 0.2) is 15.0 Å². The van der Waals surface area contributed by atoms with Crippen molar-refractivity contribution < 1.29 is 17.9 Å². The largest absolute Gasteiger partial charge is 0.497 e. The second-order valence-electron chi connectivity index (χ2n) is 7.56. The Kier molecular flexibility index (Phi) is 8.10. The summed E-state index contributed by atoms with van der Waals surface area (Å²) in [5, 5.41) is 1.07. The summed E-state index contributed by atoms with van der Waals surface area (Å²) >= 11 is 7.26. The average molecular weight is 496 g/mol. The van der Waals surface area contributed by atoms with Gasteiger partial charge in [0, 0.05) is 24.5 Å². The lowest BCUT2D eigenvalue weighted by Gasteiger charge is -2.22. The number of anilines is 1. The molecule has 2 aromatic carbocycles. The Morgan fingerprint density at radius 2 is 1.84 bits per heavy atom. The van der Waals surface area contributed by atoms with E-state index in [-0.39, 0.29) is 29.4 Å². The normalized spacial score (nSPS) is 11.8. The molecule has 7 nitrogen and oxygen atoms in total. The Bertz CT molecular complexity index is 1180. The molecule has 3 aromatic rings. The van der Waals surface area contributed by atoms with Crippen LogP contribution in [-0.2, 0) is 14.6 Å². The predicted molar refractivity (Wildman–Crippen MR) is 130 cm³/mol. The molecule has 0 N–H and O–H groups in total. The minimum Gasteiger partial charge on any atom is -0.497 e. The number of ether oxygens (including phenoxy) is 1. The van der Waals surface area contributed by atoms with Gasteiger partial charge in [-0.05, 0) is 63.0 Å². The number of hydrogen-bond donors (Lipinski definition) is 0. The summed E-state index contributed by atoms with van der Waals surface area (Å²) in [6.45, 7) is 1.13. The zero-order chi connectivity index (χ0) is 23.3. The highest BCUT2D eigenvalue weighted by Crippen LogP contribution is 2.32. The van der Waals surface area contributed by atoms with Gasteiger partial charge in [0.1, 0.15) is 5.75 Å². The van der Waals surface area contributed by atoms with E-state index in [1.54, 1.807) is 24.1 Å². The molecule has 0 aliphatic heterocycles. The summed E-state index contributed by atoms with van der Waals surface area (Å²) in [7, 11) is 1.99. The topological polar surface area (TPSA) is 79.8 Å². The van der Waals surface area contributed by atoms with Crippen LogP contribution >= 0.6 is 22.9 Å². The Hall–Kier alpha value is -2.20. The zero-order valence-electron chi connectivity index (χ0n) is 18.2. The van der Waals surface area contributed by atoms with Crippen LogP contribution in [0, 0.1) is 0 Å². The summed E-state index contributed by atoms with van der Waals surface area (Å²) in [6.07, 6.45) is 0.334. The first-order chi connectivity index (χ1) is 15.2. The minimum absolute atomic E-state index is 0.111. The molecule has 0 atom stereocenters. The number of halogens is 1. The van der Waals surface area contributed by atoms with Crippen molar-refractivity contribution in [3.05, 3.63) is 47.5 Å². The molecular formula is C22H26ClN3O4S2. The van der Waals surface area contributed by atoms with Crippen LogP contribution in [0.25, 0.3) is 10.2 Å². The fraction of sp³-hybridized carbons (Fsp3) is 0.364. The van der Waals surface area contributed by atoms with Gasteiger partial charge in [0.05, 0.1) is 28.0 Å². The molecule has 1 heterocycles. The number of benzene rings is 2. The lowest BCUT2D eigenvalue weighted by atomic mass is 10.3. The van der Waals surface area contributed by atoms with Crippen LogP contribution in [0.3, 0.4) is 0 Å². The number of carbonyl (C=O) groups is 1. The zero-order valence-corrected chi connectivity index (χ0v) is 20.6. The van der Waals surface area contributed by atoms with E-state index in [0.29, 0.717) is 23.2 Å². The molecule has 1 amide bonds. The molecule has 10 heteroatoms. The molecule has 3 rings (SSSR count). The van der Waals surface area contributed by atoms with Crippen molar-refractivity contribution >= 4 is 54.0 Å². The second-order valence-corrected chi connectivity index (χ2v) is 11.1. The van der Waals surface area contributed by atoms with Crippen LogP contribution in [0.5, 0.6) is 5.75 Å². The molecule has 0 saturated carbocycles. The van der Waals surface area contributed by atoms with Gasteiger partial charge in [-0.15, -0.1) is 0 Å². The van der Waals surface area contributed by atoms with Crippen molar-refractivity contribution in [2.75, 3.05) is 44.9 Å². The van der Waals surface area contributed by atoms with Crippen molar-refractivity contribution in [1.82, 2.24) is 9.88 Å². The van der Waals surface area contributed by atoms with E-state index in [2.05, 4.69) is 4.98 Å². The highest BCUT2D eigenvalue weighted by atomic mass is 35.5. The maximum atomic E-state index is 13.1. The second kappa shape index (κ2) is 10.6. The summed E-state index contributed by atoms with van der Waals surface area (Å²) in [5.74, 6) is 0.467. The van der Waals surface area contributed by atoms with Crippen LogP contribution in [0.4, 0.5) is 5.13 Å². The van der Waals surface area contributed by atoms with Gasteiger partial charge >= 0.3 is 0 Å². The molecule has 172 valence electrons. The van der Waals surface area contributed by atoms with Crippen molar-refractivity contribution in [3.8, 4) is 5.75 Å². The molecule has 0 fully saturated rings. The fourth-order valence-corrected chi connectivity index (χ4v) is 5.54. The Morgan fingerprint density at radius 1 is 1.12 bits per heavy atom. The number of methoxy groups -OCH3 is 1. The summed E-state index contributed by atoms with van der Waals surface area (Å²) in [6, 6.07) is 11.6. The van der Waals surface area contributed by atoms with Crippen molar-refractivity contribution in [3.63, 3.8) is 0 Å². The first-order valence-electron chi connectivity index (χ1n) is 10.1. The molecule has 0 aliphatic carbocycles. The van der Waals surface area contributed by atoms with Gasteiger partial charge in [-0.25, -0.2) is 13.4 Å². The number of fused-ring (bicyclic) bond motifs is 1. The van der Waals surface area contributed by atoms with Gasteiger partial charge in [0.25, 0.3) is 0 Å². The number of nitrogens with zero attached hydrogens (tertiary/aromatic N) is 3. The predicted octanol–water partition coefficient (Wildman–Crippen LogP) is 4.11. The summed E-state index contributed by atoms with van der Waals surface area (Å²) in [5.41, 5.74) is 0.791. The Balaban J connectivity index is 1.72. The van der Waals surface area contributed by atoms with Gasteiger partial charge in [-0.1, -0.05) is 22.9 Å². The van der Waals surface area contributed by atoms with E-state index >= 15 is 0 Å². The van der Waals surface area contributed by atoms with E-state index in [0.717, 1.165) is 16.0 Å². The number of aromatic nitrogens is 1. The quantitative estimate of drug-likeness (QED) is 0.421. The highest BCUT2D eigenvalue weighted by Gasteiger charge is 2.21. The lowest BCUT2D eigenvalue weighted by molar-refractivity contribution is -0.118. The average Bonchev–Trinajstić information content (AvgIpc) is 3.16. The maximum Gasteiger partial charge on any atom is 0.228 e. The standard InChI is InChI=1S/C22H26ClN3O4S2/c1-25(2)12-13-26(22-24-19-11-8-17(30-3)15-20(19)31-22)21(27)5-4-14-32(28,29)18-9-6-16(23)7-10-18/h6-11,15H,4-5,12-14H2,1-3H3. The lowest BCUT2D eigenvalue weighted by Crippen LogP contribution is -2.36. The number of hydrogen-bond acceptors (Lipinski definition) is 7. The van der Waals surface area contributed by atoms with Gasteiger partial charge in [0.2, 0.25) is 5.91 Å². The first kappa shape index (κ1) is 24.4. The number of sulfone groups is 1. The van der Waals surface area contributed by atoms with Crippen molar-refractivity contribution in [1.29, 1.82) is 0 Å². The van der Waals surface area contributed by atoms with Crippen molar-refractivity contribution in [2.45, 2.75) is 17.7 Å². The van der Waals surface area contributed by atoms with Crippen LogP contribution < -0.4 is 9.64 Å². The minimum atomic E-state index is -3.48. The Labute approximate surface area is 197 Å². The van der Waals surface area contributed by atoms with Gasteiger partial charge in [-0.3, -0.25) is 9.69 Å². The Morgan fingerprint density at radius 3 is 2.50 bits per heavy atom. The molecule has 0 aliphatic rings.